The fourth-order valence-electron chi connectivity index (χ4n) is 3.17. The van der Waals surface area contributed by atoms with Crippen molar-refractivity contribution in [1.29, 1.82) is 0 Å². The summed E-state index contributed by atoms with van der Waals surface area (Å²) in [6, 6.07) is 6.88. The van der Waals surface area contributed by atoms with Crippen LogP contribution < -0.4 is 0 Å². The van der Waals surface area contributed by atoms with Crippen molar-refractivity contribution in [3.8, 4) is 0 Å². The Kier molecular flexibility index (Phi) is 7.21. The SMILES string of the molecule is CCN(C1CCN(C(=O)OC(C)(C)C)CC1)S(=O)(=O)c1ccc(SC)cc1. The summed E-state index contributed by atoms with van der Waals surface area (Å²) in [4.78, 5) is 15.2. The number of amides is 1. The second-order valence-corrected chi connectivity index (χ2v) is 10.4. The van der Waals surface area contributed by atoms with E-state index in [0.717, 1.165) is 4.90 Å². The van der Waals surface area contributed by atoms with Crippen LogP contribution >= 0.6 is 11.8 Å². The van der Waals surface area contributed by atoms with Gasteiger partial charge in [-0.3, -0.25) is 0 Å². The van der Waals surface area contributed by atoms with Crippen LogP contribution in [0.4, 0.5) is 4.79 Å². The zero-order valence-electron chi connectivity index (χ0n) is 16.8. The standard InChI is InChI=1S/C19H30N2O4S2/c1-6-21(27(23,24)17-9-7-16(26-5)8-10-17)15-11-13-20(14-12-15)18(22)25-19(2,3)4/h7-10,15H,6,11-14H2,1-5H3. The first kappa shape index (κ1) is 22.0. The molecular weight excluding hydrogens is 384 g/mol. The maximum Gasteiger partial charge on any atom is 0.410 e. The number of piperidine rings is 1. The van der Waals surface area contributed by atoms with Crippen molar-refractivity contribution in [3.63, 3.8) is 0 Å². The predicted octanol–water partition coefficient (Wildman–Crippen LogP) is 3.82. The van der Waals surface area contributed by atoms with Crippen LogP contribution in [0.15, 0.2) is 34.1 Å². The molecule has 1 heterocycles. The minimum absolute atomic E-state index is 0.112. The third-order valence-electron chi connectivity index (χ3n) is 4.50. The second-order valence-electron chi connectivity index (χ2n) is 7.58. The van der Waals surface area contributed by atoms with Crippen LogP contribution in [0, 0.1) is 0 Å². The van der Waals surface area contributed by atoms with E-state index in [1.165, 1.54) is 0 Å². The molecule has 1 aliphatic heterocycles. The van der Waals surface area contributed by atoms with Crippen LogP contribution in [-0.4, -0.2) is 61.2 Å². The molecule has 1 fully saturated rings. The number of rotatable bonds is 5. The number of benzene rings is 1. The molecule has 0 spiro atoms. The van der Waals surface area contributed by atoms with Gasteiger partial charge in [0.15, 0.2) is 0 Å². The van der Waals surface area contributed by atoms with E-state index in [4.69, 9.17) is 4.74 Å². The lowest BCUT2D eigenvalue weighted by Gasteiger charge is -2.37. The number of carbonyl (C=O) groups is 1. The largest absolute Gasteiger partial charge is 0.444 e. The van der Waals surface area contributed by atoms with Crippen LogP contribution in [0.3, 0.4) is 0 Å². The first-order chi connectivity index (χ1) is 12.6. The van der Waals surface area contributed by atoms with Gasteiger partial charge in [0.05, 0.1) is 4.90 Å². The van der Waals surface area contributed by atoms with Crippen molar-refractivity contribution in [2.24, 2.45) is 0 Å². The highest BCUT2D eigenvalue weighted by molar-refractivity contribution is 7.98. The molecule has 0 atom stereocenters. The normalized spacial score (nSPS) is 16.6. The molecule has 0 aromatic heterocycles. The minimum Gasteiger partial charge on any atom is -0.444 e. The number of nitrogens with zero attached hydrogens (tertiary/aromatic N) is 2. The molecule has 0 unspecified atom stereocenters. The lowest BCUT2D eigenvalue weighted by atomic mass is 10.1. The van der Waals surface area contributed by atoms with Gasteiger partial charge >= 0.3 is 6.09 Å². The smallest absolute Gasteiger partial charge is 0.410 e. The van der Waals surface area contributed by atoms with Crippen molar-refractivity contribution >= 4 is 27.9 Å². The van der Waals surface area contributed by atoms with Crippen molar-refractivity contribution in [3.05, 3.63) is 24.3 Å². The molecule has 1 amide bonds. The molecule has 1 aromatic carbocycles. The van der Waals surface area contributed by atoms with Gasteiger partial charge in [-0.2, -0.15) is 4.31 Å². The molecule has 0 saturated carbocycles. The molecule has 6 nitrogen and oxygen atoms in total. The van der Waals surface area contributed by atoms with E-state index in [9.17, 15) is 13.2 Å². The Balaban J connectivity index is 2.07. The summed E-state index contributed by atoms with van der Waals surface area (Å²) in [6.45, 7) is 8.77. The molecular formula is C19H30N2O4S2. The summed E-state index contributed by atoms with van der Waals surface area (Å²) in [7, 11) is -3.55. The van der Waals surface area contributed by atoms with E-state index in [1.54, 1.807) is 33.1 Å². The quantitative estimate of drug-likeness (QED) is 0.685. The molecule has 2 rings (SSSR count). The molecule has 8 heteroatoms. The van der Waals surface area contributed by atoms with E-state index in [0.29, 0.717) is 37.4 Å². The number of carbonyl (C=O) groups excluding carboxylic acids is 1. The molecule has 0 aliphatic carbocycles. The van der Waals surface area contributed by atoms with E-state index in [2.05, 4.69) is 0 Å². The summed E-state index contributed by atoms with van der Waals surface area (Å²) in [5, 5.41) is 0. The van der Waals surface area contributed by atoms with Gasteiger partial charge in [0.25, 0.3) is 0 Å². The molecule has 1 aliphatic rings. The van der Waals surface area contributed by atoms with Crippen molar-refractivity contribution in [2.75, 3.05) is 25.9 Å². The number of hydrogen-bond acceptors (Lipinski definition) is 5. The zero-order valence-corrected chi connectivity index (χ0v) is 18.4. The van der Waals surface area contributed by atoms with E-state index < -0.39 is 15.6 Å². The van der Waals surface area contributed by atoms with Gasteiger partial charge in [-0.1, -0.05) is 6.92 Å². The number of sulfonamides is 1. The molecule has 1 aromatic rings. The fourth-order valence-corrected chi connectivity index (χ4v) is 5.27. The monoisotopic (exact) mass is 414 g/mol. The Morgan fingerprint density at radius 2 is 1.78 bits per heavy atom. The third kappa shape index (κ3) is 5.62. The lowest BCUT2D eigenvalue weighted by Crippen LogP contribution is -2.49. The van der Waals surface area contributed by atoms with Gasteiger partial charge in [0, 0.05) is 30.6 Å². The first-order valence-corrected chi connectivity index (χ1v) is 11.9. The third-order valence-corrected chi connectivity index (χ3v) is 7.29. The average Bonchev–Trinajstić information content (AvgIpc) is 2.61. The molecule has 1 saturated heterocycles. The van der Waals surface area contributed by atoms with Gasteiger partial charge < -0.3 is 9.64 Å². The first-order valence-electron chi connectivity index (χ1n) is 9.22. The van der Waals surface area contributed by atoms with Gasteiger partial charge in [-0.05, 0) is 64.1 Å². The molecule has 0 bridgehead atoms. The highest BCUT2D eigenvalue weighted by atomic mass is 32.2. The predicted molar refractivity (Wildman–Crippen MR) is 109 cm³/mol. The summed E-state index contributed by atoms with van der Waals surface area (Å²) in [5.74, 6) is 0. The molecule has 0 N–H and O–H groups in total. The maximum absolute atomic E-state index is 13.1. The Morgan fingerprint density at radius 1 is 1.22 bits per heavy atom. The van der Waals surface area contributed by atoms with Crippen LogP contribution in [0.5, 0.6) is 0 Å². The molecule has 152 valence electrons. The fraction of sp³-hybridized carbons (Fsp3) is 0.632. The van der Waals surface area contributed by atoms with E-state index >= 15 is 0 Å². The minimum atomic E-state index is -3.55. The summed E-state index contributed by atoms with van der Waals surface area (Å²) in [6.07, 6.45) is 2.84. The van der Waals surface area contributed by atoms with Gasteiger partial charge in [0.2, 0.25) is 10.0 Å². The van der Waals surface area contributed by atoms with Gasteiger partial charge in [-0.25, -0.2) is 13.2 Å². The van der Waals surface area contributed by atoms with Crippen molar-refractivity contribution in [2.45, 2.75) is 62.0 Å². The summed E-state index contributed by atoms with van der Waals surface area (Å²) >= 11 is 1.58. The second kappa shape index (κ2) is 8.84. The van der Waals surface area contributed by atoms with E-state index in [-0.39, 0.29) is 12.1 Å². The van der Waals surface area contributed by atoms with E-state index in [1.807, 2.05) is 46.1 Å². The average molecular weight is 415 g/mol. The number of likely N-dealkylation sites (tertiary alicyclic amines) is 1. The number of thioether (sulfide) groups is 1. The number of ether oxygens (including phenoxy) is 1. The van der Waals surface area contributed by atoms with Gasteiger partial charge in [-0.15, -0.1) is 11.8 Å². The van der Waals surface area contributed by atoms with Crippen molar-refractivity contribution < 1.29 is 17.9 Å². The lowest BCUT2D eigenvalue weighted by molar-refractivity contribution is 0.0179. The summed E-state index contributed by atoms with van der Waals surface area (Å²) < 4.78 is 33.1. The van der Waals surface area contributed by atoms with Crippen LogP contribution in [0.2, 0.25) is 0 Å². The summed E-state index contributed by atoms with van der Waals surface area (Å²) in [5.41, 5.74) is -0.532. The Hall–Kier alpha value is -1.25. The highest BCUT2D eigenvalue weighted by Gasteiger charge is 2.34. The van der Waals surface area contributed by atoms with Crippen LogP contribution in [0.1, 0.15) is 40.5 Å². The zero-order chi connectivity index (χ0) is 20.2. The Bertz CT molecular complexity index is 734. The van der Waals surface area contributed by atoms with Crippen molar-refractivity contribution in [1.82, 2.24) is 9.21 Å². The Labute approximate surface area is 167 Å². The van der Waals surface area contributed by atoms with Crippen LogP contribution in [-0.2, 0) is 14.8 Å². The molecule has 0 radical (unpaired) electrons. The van der Waals surface area contributed by atoms with Crippen LogP contribution in [0.25, 0.3) is 0 Å². The molecule has 27 heavy (non-hydrogen) atoms. The van der Waals surface area contributed by atoms with Gasteiger partial charge in [0.1, 0.15) is 5.60 Å². The highest BCUT2D eigenvalue weighted by Crippen LogP contribution is 2.26. The number of hydrogen-bond donors (Lipinski definition) is 0. The topological polar surface area (TPSA) is 66.9 Å². The maximum atomic E-state index is 13.1. The Morgan fingerprint density at radius 3 is 2.22 bits per heavy atom.